The molecule has 32 heavy (non-hydrogen) atoms. The Morgan fingerprint density at radius 3 is 2.66 bits per heavy atom. The Hall–Kier alpha value is -1.84. The molecule has 2 aromatic rings. The second kappa shape index (κ2) is 11.9. The molecule has 7 nitrogen and oxygen atoms in total. The molecule has 2 atom stereocenters. The molecule has 1 aliphatic heterocycles. The number of thioether (sulfide) groups is 1. The molecule has 1 saturated heterocycles. The molecule has 1 aliphatic rings. The molecule has 2 amide bonds. The second-order valence-electron chi connectivity index (χ2n) is 8.31. The van der Waals surface area contributed by atoms with Crippen LogP contribution in [0.3, 0.4) is 0 Å². The highest BCUT2D eigenvalue weighted by molar-refractivity contribution is 8.00. The number of aromatic nitrogens is 1. The minimum atomic E-state index is -0.230. The van der Waals surface area contributed by atoms with Crippen molar-refractivity contribution in [1.29, 1.82) is 0 Å². The van der Waals surface area contributed by atoms with Gasteiger partial charge in [-0.25, -0.2) is 0 Å². The molecule has 1 fully saturated rings. The molecule has 1 aromatic heterocycles. The molecule has 0 N–H and O–H groups in total. The summed E-state index contributed by atoms with van der Waals surface area (Å²) in [4.78, 5) is 32.1. The highest BCUT2D eigenvalue weighted by Gasteiger charge is 2.25. The van der Waals surface area contributed by atoms with Crippen LogP contribution in [0.4, 0.5) is 0 Å². The average Bonchev–Trinajstić information content (AvgIpc) is 3.09. The lowest BCUT2D eigenvalue weighted by Gasteiger charge is -2.35. The third kappa shape index (κ3) is 6.59. The van der Waals surface area contributed by atoms with E-state index in [0.717, 1.165) is 29.1 Å². The van der Waals surface area contributed by atoms with Gasteiger partial charge in [0.15, 0.2) is 4.80 Å². The Bertz CT molecular complexity index is 991. The Morgan fingerprint density at radius 1 is 1.22 bits per heavy atom. The SMILES string of the molecule is CCOCCn1c(=NC(=O)CSCC(=O)N2CC(C)CC(C)C2)sc2cc(OC)ccc21. The van der Waals surface area contributed by atoms with Gasteiger partial charge < -0.3 is 18.9 Å². The lowest BCUT2D eigenvalue weighted by Crippen LogP contribution is -2.43. The molecular weight excluding hydrogens is 446 g/mol. The van der Waals surface area contributed by atoms with Crippen molar-refractivity contribution in [3.8, 4) is 5.75 Å². The van der Waals surface area contributed by atoms with Crippen molar-refractivity contribution in [2.45, 2.75) is 33.7 Å². The number of likely N-dealkylation sites (tertiary alicyclic amines) is 1. The minimum absolute atomic E-state index is 0.113. The third-order valence-corrected chi connectivity index (χ3v) is 7.39. The normalized spacial score (nSPS) is 19.5. The van der Waals surface area contributed by atoms with Gasteiger partial charge in [0.2, 0.25) is 5.91 Å². The van der Waals surface area contributed by atoms with E-state index in [0.29, 0.717) is 42.1 Å². The molecule has 0 saturated carbocycles. The van der Waals surface area contributed by atoms with Gasteiger partial charge in [-0.2, -0.15) is 4.99 Å². The maximum Gasteiger partial charge on any atom is 0.258 e. The molecular formula is C23H33N3O4S2. The molecule has 0 spiro atoms. The van der Waals surface area contributed by atoms with Gasteiger partial charge in [-0.15, -0.1) is 11.8 Å². The summed E-state index contributed by atoms with van der Waals surface area (Å²) < 4.78 is 13.9. The van der Waals surface area contributed by atoms with E-state index < -0.39 is 0 Å². The number of methoxy groups -OCH3 is 1. The van der Waals surface area contributed by atoms with Gasteiger partial charge in [-0.1, -0.05) is 25.2 Å². The smallest absolute Gasteiger partial charge is 0.258 e. The van der Waals surface area contributed by atoms with Crippen LogP contribution in [0, 0.1) is 11.8 Å². The van der Waals surface area contributed by atoms with Crippen LogP contribution < -0.4 is 9.54 Å². The number of hydrogen-bond acceptors (Lipinski definition) is 6. The van der Waals surface area contributed by atoms with Gasteiger partial charge in [0.05, 0.1) is 35.4 Å². The summed E-state index contributed by atoms with van der Waals surface area (Å²) in [6.45, 7) is 9.76. The van der Waals surface area contributed by atoms with Crippen molar-refractivity contribution >= 4 is 45.1 Å². The summed E-state index contributed by atoms with van der Waals surface area (Å²) in [5.74, 6) is 2.21. The van der Waals surface area contributed by atoms with Crippen molar-refractivity contribution in [1.82, 2.24) is 9.47 Å². The molecule has 2 unspecified atom stereocenters. The van der Waals surface area contributed by atoms with Crippen molar-refractivity contribution in [2.75, 3.05) is 44.9 Å². The van der Waals surface area contributed by atoms with E-state index in [1.807, 2.05) is 34.6 Å². The first-order chi connectivity index (χ1) is 15.4. The van der Waals surface area contributed by atoms with Crippen molar-refractivity contribution < 1.29 is 19.1 Å². The molecule has 9 heteroatoms. The summed E-state index contributed by atoms with van der Waals surface area (Å²) in [5, 5.41) is 0. The number of hydrogen-bond donors (Lipinski definition) is 0. The fourth-order valence-electron chi connectivity index (χ4n) is 4.10. The fraction of sp³-hybridized carbons (Fsp3) is 0.609. The molecule has 0 aliphatic carbocycles. The molecule has 2 heterocycles. The lowest BCUT2D eigenvalue weighted by atomic mass is 9.92. The zero-order valence-corrected chi connectivity index (χ0v) is 21.0. The average molecular weight is 480 g/mol. The summed E-state index contributed by atoms with van der Waals surface area (Å²) >= 11 is 2.80. The monoisotopic (exact) mass is 479 g/mol. The number of benzene rings is 1. The summed E-state index contributed by atoms with van der Waals surface area (Å²) in [6, 6.07) is 5.84. The third-order valence-electron chi connectivity index (χ3n) is 5.45. The largest absolute Gasteiger partial charge is 0.497 e. The van der Waals surface area contributed by atoms with Gasteiger partial charge >= 0.3 is 0 Å². The second-order valence-corrected chi connectivity index (χ2v) is 10.3. The quantitative estimate of drug-likeness (QED) is 0.516. The highest BCUT2D eigenvalue weighted by Crippen LogP contribution is 2.24. The molecule has 176 valence electrons. The number of thiazole rings is 1. The number of amides is 2. The predicted octanol–water partition coefficient (Wildman–Crippen LogP) is 3.41. The standard InChI is InChI=1S/C23H33N3O4S2/c1-5-30-9-8-26-19-7-6-18(29-4)11-20(19)32-23(26)24-21(27)14-31-15-22(28)25-12-16(2)10-17(3)13-25/h6-7,11,16-17H,5,8-10,12-15H2,1-4H3. The number of carbonyl (C=O) groups is 2. The van der Waals surface area contributed by atoms with Gasteiger partial charge in [0, 0.05) is 26.2 Å². The van der Waals surface area contributed by atoms with Crippen LogP contribution in [-0.4, -0.2) is 66.2 Å². The fourth-order valence-corrected chi connectivity index (χ4v) is 5.90. The van der Waals surface area contributed by atoms with E-state index in [1.54, 1.807) is 7.11 Å². The molecule has 0 radical (unpaired) electrons. The Morgan fingerprint density at radius 2 is 1.97 bits per heavy atom. The van der Waals surface area contributed by atoms with Gasteiger partial charge in [-0.3, -0.25) is 9.59 Å². The number of rotatable bonds is 9. The maximum absolute atomic E-state index is 12.6. The summed E-state index contributed by atoms with van der Waals surface area (Å²) in [5.41, 5.74) is 0.998. The van der Waals surface area contributed by atoms with E-state index in [4.69, 9.17) is 9.47 Å². The Labute approximate surface area is 197 Å². The van der Waals surface area contributed by atoms with Crippen LogP contribution in [0.15, 0.2) is 23.2 Å². The van der Waals surface area contributed by atoms with E-state index in [1.165, 1.54) is 29.5 Å². The number of nitrogens with zero attached hydrogens (tertiary/aromatic N) is 3. The van der Waals surface area contributed by atoms with Crippen molar-refractivity contribution in [3.05, 3.63) is 23.0 Å². The summed E-state index contributed by atoms with van der Waals surface area (Å²) in [7, 11) is 1.64. The molecule has 3 rings (SSSR count). The highest BCUT2D eigenvalue weighted by atomic mass is 32.2. The number of carbonyl (C=O) groups excluding carboxylic acids is 2. The lowest BCUT2D eigenvalue weighted by molar-refractivity contribution is -0.130. The van der Waals surface area contributed by atoms with Gasteiger partial charge in [0.25, 0.3) is 5.91 Å². The predicted molar refractivity (Wildman–Crippen MR) is 130 cm³/mol. The zero-order valence-electron chi connectivity index (χ0n) is 19.3. The van der Waals surface area contributed by atoms with Crippen LogP contribution >= 0.6 is 23.1 Å². The number of ether oxygens (including phenoxy) is 2. The first-order valence-electron chi connectivity index (χ1n) is 11.1. The van der Waals surface area contributed by atoms with Gasteiger partial charge in [0.1, 0.15) is 5.75 Å². The van der Waals surface area contributed by atoms with E-state index in [2.05, 4.69) is 18.8 Å². The molecule has 0 bridgehead atoms. The first kappa shape index (κ1) is 24.8. The summed E-state index contributed by atoms with van der Waals surface area (Å²) in [6.07, 6.45) is 1.17. The van der Waals surface area contributed by atoms with Crippen LogP contribution in [0.2, 0.25) is 0 Å². The number of fused-ring (bicyclic) bond motifs is 1. The molecule has 1 aromatic carbocycles. The van der Waals surface area contributed by atoms with Crippen molar-refractivity contribution in [2.24, 2.45) is 16.8 Å². The zero-order chi connectivity index (χ0) is 23.1. The van der Waals surface area contributed by atoms with Crippen LogP contribution in [0.1, 0.15) is 27.2 Å². The van der Waals surface area contributed by atoms with Gasteiger partial charge in [-0.05, 0) is 43.4 Å². The maximum atomic E-state index is 12.6. The minimum Gasteiger partial charge on any atom is -0.497 e. The van der Waals surface area contributed by atoms with Crippen LogP contribution in [0.5, 0.6) is 5.75 Å². The Balaban J connectivity index is 1.66. The van der Waals surface area contributed by atoms with E-state index >= 15 is 0 Å². The topological polar surface area (TPSA) is 73.1 Å². The Kier molecular flexibility index (Phi) is 9.19. The van der Waals surface area contributed by atoms with E-state index in [9.17, 15) is 9.59 Å². The van der Waals surface area contributed by atoms with E-state index in [-0.39, 0.29) is 17.6 Å². The van der Waals surface area contributed by atoms with Crippen LogP contribution in [0.25, 0.3) is 10.2 Å². The number of piperidine rings is 1. The van der Waals surface area contributed by atoms with Crippen LogP contribution in [-0.2, 0) is 20.9 Å². The first-order valence-corrected chi connectivity index (χ1v) is 13.1. The van der Waals surface area contributed by atoms with Crippen molar-refractivity contribution in [3.63, 3.8) is 0 Å².